The van der Waals surface area contributed by atoms with E-state index in [1.165, 1.54) is 17.4 Å². The maximum absolute atomic E-state index is 14.4. The van der Waals surface area contributed by atoms with Gasteiger partial charge in [-0.15, -0.1) is 11.3 Å². The number of aromatic nitrogens is 1. The van der Waals surface area contributed by atoms with Gasteiger partial charge in [-0.2, -0.15) is 5.26 Å². The van der Waals surface area contributed by atoms with Crippen LogP contribution in [0.4, 0.5) is 14.5 Å². The normalized spacial score (nSPS) is 15.0. The summed E-state index contributed by atoms with van der Waals surface area (Å²) in [5.41, 5.74) is 0.992. The number of rotatable bonds is 6. The maximum atomic E-state index is 14.4. The summed E-state index contributed by atoms with van der Waals surface area (Å²) >= 11 is 2.48. The van der Waals surface area contributed by atoms with E-state index >= 15 is 0 Å². The van der Waals surface area contributed by atoms with Crippen molar-refractivity contribution in [2.24, 2.45) is 0 Å². The molecule has 0 bridgehead atoms. The lowest BCUT2D eigenvalue weighted by molar-refractivity contribution is -0.128. The summed E-state index contributed by atoms with van der Waals surface area (Å²) < 4.78 is 28.7. The predicted molar refractivity (Wildman–Crippen MR) is 130 cm³/mol. The summed E-state index contributed by atoms with van der Waals surface area (Å²) in [4.78, 5) is 19.2. The number of fused-ring (bicyclic) bond motifs is 1. The van der Waals surface area contributed by atoms with E-state index in [4.69, 9.17) is 0 Å². The summed E-state index contributed by atoms with van der Waals surface area (Å²) in [6.07, 6.45) is 4.19. The Kier molecular flexibility index (Phi) is 7.57. The quantitative estimate of drug-likeness (QED) is 0.434. The molecule has 5 nitrogen and oxygen atoms in total. The molecule has 1 amide bonds. The predicted octanol–water partition coefficient (Wildman–Crippen LogP) is 6.01. The molecule has 1 aliphatic rings. The smallest absolute Gasteiger partial charge is 0.232 e. The fourth-order valence-corrected chi connectivity index (χ4v) is 5.55. The van der Waals surface area contributed by atoms with Crippen LogP contribution in [0.15, 0.2) is 47.5 Å². The number of benzene rings is 2. The van der Waals surface area contributed by atoms with Crippen LogP contribution in [-0.2, 0) is 4.79 Å². The lowest BCUT2D eigenvalue weighted by Gasteiger charge is -2.21. The minimum atomic E-state index is -0.784. The Morgan fingerprint density at radius 2 is 1.91 bits per heavy atom. The molecule has 0 radical (unpaired) electrons. The molecule has 170 valence electrons. The molecular weight excluding hydrogens is 462 g/mol. The van der Waals surface area contributed by atoms with Gasteiger partial charge in [-0.25, -0.2) is 13.8 Å². The molecule has 1 fully saturated rings. The van der Waals surface area contributed by atoms with Gasteiger partial charge in [0.05, 0.1) is 26.7 Å². The molecule has 2 heterocycles. The molecule has 1 aromatic heterocycles. The van der Waals surface area contributed by atoms with Crippen LogP contribution in [0.1, 0.15) is 30.7 Å². The number of para-hydroxylation sites is 1. The number of hydrogen-bond donors (Lipinski definition) is 1. The highest BCUT2D eigenvalue weighted by Crippen LogP contribution is 2.34. The molecule has 9 heteroatoms. The second-order valence-electron chi connectivity index (χ2n) is 7.64. The average Bonchev–Trinajstić information content (AvgIpc) is 3.04. The lowest BCUT2D eigenvalue weighted by atomic mass is 10.2. The van der Waals surface area contributed by atoms with E-state index < -0.39 is 11.6 Å². The summed E-state index contributed by atoms with van der Waals surface area (Å²) in [7, 11) is 0. The van der Waals surface area contributed by atoms with Crippen LogP contribution >= 0.6 is 23.1 Å². The molecule has 4 rings (SSSR count). The highest BCUT2D eigenvalue weighted by atomic mass is 32.2. The number of nitrogens with zero attached hydrogens (tertiary/aromatic N) is 3. The van der Waals surface area contributed by atoms with E-state index in [0.29, 0.717) is 10.0 Å². The number of nitrogens with one attached hydrogen (secondary N) is 1. The number of nitriles is 1. The average molecular weight is 485 g/mol. The third kappa shape index (κ3) is 5.70. The number of hydrogen-bond acceptors (Lipinski definition) is 6. The van der Waals surface area contributed by atoms with Gasteiger partial charge in [0.25, 0.3) is 0 Å². The second kappa shape index (κ2) is 10.8. The van der Waals surface area contributed by atoms with E-state index in [-0.39, 0.29) is 22.9 Å². The van der Waals surface area contributed by atoms with Gasteiger partial charge in [-0.05, 0) is 37.1 Å². The van der Waals surface area contributed by atoms with E-state index in [0.717, 1.165) is 72.9 Å². The number of amides is 1. The lowest BCUT2D eigenvalue weighted by Crippen LogP contribution is -2.33. The highest BCUT2D eigenvalue weighted by molar-refractivity contribution is 8.04. The van der Waals surface area contributed by atoms with Crippen molar-refractivity contribution in [2.75, 3.05) is 24.2 Å². The van der Waals surface area contributed by atoms with Gasteiger partial charge in [-0.3, -0.25) is 4.79 Å². The van der Waals surface area contributed by atoms with Crippen LogP contribution in [0.3, 0.4) is 0 Å². The van der Waals surface area contributed by atoms with Gasteiger partial charge >= 0.3 is 0 Å². The fourth-order valence-electron chi connectivity index (χ4n) is 3.60. The molecule has 2 aromatic carbocycles. The molecule has 0 spiro atoms. The Morgan fingerprint density at radius 3 is 2.61 bits per heavy atom. The minimum absolute atomic E-state index is 0.0231. The van der Waals surface area contributed by atoms with E-state index in [9.17, 15) is 18.8 Å². The summed E-state index contributed by atoms with van der Waals surface area (Å²) in [5.74, 6) is -1.41. The van der Waals surface area contributed by atoms with Crippen LogP contribution in [0.25, 0.3) is 15.8 Å². The van der Waals surface area contributed by atoms with Crippen molar-refractivity contribution < 1.29 is 13.6 Å². The first-order chi connectivity index (χ1) is 16.0. The van der Waals surface area contributed by atoms with E-state index in [1.807, 2.05) is 29.2 Å². The van der Waals surface area contributed by atoms with Crippen molar-refractivity contribution in [1.82, 2.24) is 9.88 Å². The third-order valence-electron chi connectivity index (χ3n) is 5.32. The number of thioether (sulfide) groups is 1. The first-order valence-electron chi connectivity index (χ1n) is 10.7. The van der Waals surface area contributed by atoms with Crippen LogP contribution < -0.4 is 5.32 Å². The van der Waals surface area contributed by atoms with Crippen molar-refractivity contribution in [3.8, 4) is 6.07 Å². The van der Waals surface area contributed by atoms with Crippen molar-refractivity contribution >= 4 is 50.5 Å². The van der Waals surface area contributed by atoms with Crippen molar-refractivity contribution in [3.63, 3.8) is 0 Å². The number of carbonyl (C=O) groups is 1. The second-order valence-corrected chi connectivity index (χ2v) is 9.65. The van der Waals surface area contributed by atoms with Crippen LogP contribution in [0.5, 0.6) is 0 Å². The Balaban J connectivity index is 1.66. The van der Waals surface area contributed by atoms with Gasteiger partial charge in [0.1, 0.15) is 28.3 Å². The highest BCUT2D eigenvalue weighted by Gasteiger charge is 2.20. The molecule has 1 saturated heterocycles. The zero-order chi connectivity index (χ0) is 23.2. The van der Waals surface area contributed by atoms with Crippen molar-refractivity contribution in [3.05, 3.63) is 64.1 Å². The topological polar surface area (TPSA) is 69.0 Å². The molecule has 1 aliphatic heterocycles. The largest absolute Gasteiger partial charge is 0.347 e. The molecule has 0 unspecified atom stereocenters. The van der Waals surface area contributed by atoms with E-state index in [1.54, 1.807) is 0 Å². The van der Waals surface area contributed by atoms with Gasteiger partial charge in [0, 0.05) is 19.2 Å². The zero-order valence-corrected chi connectivity index (χ0v) is 19.4. The molecule has 0 atom stereocenters. The zero-order valence-electron chi connectivity index (χ0n) is 17.8. The molecule has 1 N–H and O–H groups in total. The Hall–Kier alpha value is -2.96. The van der Waals surface area contributed by atoms with Gasteiger partial charge in [0.15, 0.2) is 0 Å². The Morgan fingerprint density at radius 1 is 1.15 bits per heavy atom. The first-order valence-corrected chi connectivity index (χ1v) is 12.5. The molecule has 3 aromatic rings. The first kappa shape index (κ1) is 23.2. The molecular formula is C24H22F2N4OS2. The van der Waals surface area contributed by atoms with Gasteiger partial charge in [0.2, 0.25) is 5.91 Å². The van der Waals surface area contributed by atoms with Crippen molar-refractivity contribution in [2.45, 2.75) is 25.7 Å². The number of thiazole rings is 1. The van der Waals surface area contributed by atoms with Crippen molar-refractivity contribution in [1.29, 1.82) is 5.26 Å². The van der Waals surface area contributed by atoms with Gasteiger partial charge in [-0.1, -0.05) is 36.7 Å². The number of likely N-dealkylation sites (tertiary alicyclic amines) is 1. The van der Waals surface area contributed by atoms with E-state index in [2.05, 4.69) is 16.4 Å². The minimum Gasteiger partial charge on any atom is -0.347 e. The number of allylic oxidation sites excluding steroid dienone is 1. The number of anilines is 1. The molecule has 0 aliphatic carbocycles. The number of carbonyl (C=O) groups excluding carboxylic acids is 1. The Labute approximate surface area is 199 Å². The van der Waals surface area contributed by atoms with Crippen LogP contribution in [0.2, 0.25) is 0 Å². The summed E-state index contributed by atoms with van der Waals surface area (Å²) in [6, 6.07) is 12.9. The monoisotopic (exact) mass is 484 g/mol. The van der Waals surface area contributed by atoms with Crippen LogP contribution in [-0.4, -0.2) is 34.6 Å². The SMILES string of the molecule is N#C/C(=C(\Nc1ccc(F)cc1F)SCC(=O)N1CCCCCC1)c1nc2ccccc2s1. The summed E-state index contributed by atoms with van der Waals surface area (Å²) in [5, 5.41) is 13.7. The van der Waals surface area contributed by atoms with Gasteiger partial charge < -0.3 is 10.2 Å². The standard InChI is InChI=1S/C24H22F2N4OS2/c25-16-9-10-19(18(26)13-16)28-23(32-15-22(31)30-11-5-1-2-6-12-30)17(14-27)24-29-20-7-3-4-8-21(20)33-24/h3-4,7-10,13,28H,1-2,5-6,11-12,15H2/b23-17-. The molecule has 33 heavy (non-hydrogen) atoms. The third-order valence-corrected chi connectivity index (χ3v) is 7.36. The van der Waals surface area contributed by atoms with Crippen LogP contribution in [0, 0.1) is 23.0 Å². The fraction of sp³-hybridized carbons (Fsp3) is 0.292. The molecule has 0 saturated carbocycles. The number of halogens is 2. The summed E-state index contributed by atoms with van der Waals surface area (Å²) in [6.45, 7) is 1.45. The maximum Gasteiger partial charge on any atom is 0.232 e. The Bertz CT molecular complexity index is 1190.